The number of hydrogen-bond donors (Lipinski definition) is 1. The van der Waals surface area contributed by atoms with E-state index in [2.05, 4.69) is 21.2 Å². The molecule has 1 fully saturated rings. The predicted molar refractivity (Wildman–Crippen MR) is 81.8 cm³/mol. The molecule has 1 aromatic carbocycles. The van der Waals surface area contributed by atoms with Crippen LogP contribution in [0.3, 0.4) is 0 Å². The van der Waals surface area contributed by atoms with E-state index >= 15 is 0 Å². The molecule has 0 spiro atoms. The quantitative estimate of drug-likeness (QED) is 0.753. The molecule has 1 aliphatic carbocycles. The topological polar surface area (TPSA) is 12.0 Å². The van der Waals surface area contributed by atoms with Crippen LogP contribution < -0.4 is 5.32 Å². The van der Waals surface area contributed by atoms with E-state index in [9.17, 15) is 8.78 Å². The highest BCUT2D eigenvalue weighted by molar-refractivity contribution is 9.10. The molecule has 0 saturated heterocycles. The first kappa shape index (κ1) is 15.9. The number of hydrogen-bond acceptors (Lipinski definition) is 1. The Labute approximate surface area is 128 Å². The molecule has 0 amide bonds. The van der Waals surface area contributed by atoms with E-state index in [-0.39, 0.29) is 11.6 Å². The second kappa shape index (κ2) is 7.51. The van der Waals surface area contributed by atoms with Gasteiger partial charge >= 0.3 is 0 Å². The van der Waals surface area contributed by atoms with Crippen LogP contribution in [0.5, 0.6) is 0 Å². The molecule has 112 valence electrons. The summed E-state index contributed by atoms with van der Waals surface area (Å²) in [6, 6.07) is 2.89. The molecule has 0 heterocycles. The van der Waals surface area contributed by atoms with Gasteiger partial charge in [0.1, 0.15) is 11.6 Å². The summed E-state index contributed by atoms with van der Waals surface area (Å²) < 4.78 is 28.2. The summed E-state index contributed by atoms with van der Waals surface area (Å²) in [6.07, 6.45) is 7.83. The number of likely N-dealkylation sites (N-methyl/N-ethyl adjacent to an activating group) is 1. The maximum Gasteiger partial charge on any atom is 0.143 e. The second-order valence-electron chi connectivity index (χ2n) is 5.75. The first-order chi connectivity index (χ1) is 9.61. The molecule has 1 atom stereocenters. The van der Waals surface area contributed by atoms with Crippen molar-refractivity contribution in [3.63, 3.8) is 0 Å². The lowest BCUT2D eigenvalue weighted by atomic mass is 9.83. The molecule has 2 rings (SSSR count). The van der Waals surface area contributed by atoms with Gasteiger partial charge in [-0.3, -0.25) is 0 Å². The summed E-state index contributed by atoms with van der Waals surface area (Å²) in [7, 11) is 1.88. The van der Waals surface area contributed by atoms with Crippen LogP contribution in [0.1, 0.15) is 44.1 Å². The van der Waals surface area contributed by atoms with Gasteiger partial charge in [0.05, 0.1) is 4.47 Å². The molecule has 0 radical (unpaired) electrons. The molecular formula is C16H22BrF2N. The van der Waals surface area contributed by atoms with Crippen LogP contribution in [-0.2, 0) is 6.42 Å². The van der Waals surface area contributed by atoms with E-state index in [0.29, 0.717) is 16.8 Å². The molecule has 1 aromatic rings. The van der Waals surface area contributed by atoms with E-state index in [1.54, 1.807) is 0 Å². The fourth-order valence-corrected chi connectivity index (χ4v) is 3.50. The van der Waals surface area contributed by atoms with Crippen LogP contribution in [0.4, 0.5) is 8.78 Å². The maximum atomic E-state index is 14.0. The lowest BCUT2D eigenvalue weighted by molar-refractivity contribution is 0.300. The van der Waals surface area contributed by atoms with Crippen molar-refractivity contribution < 1.29 is 8.78 Å². The fourth-order valence-electron chi connectivity index (χ4n) is 3.13. The van der Waals surface area contributed by atoms with Gasteiger partial charge in [-0.25, -0.2) is 8.78 Å². The van der Waals surface area contributed by atoms with Gasteiger partial charge in [0.2, 0.25) is 0 Å². The van der Waals surface area contributed by atoms with Crippen molar-refractivity contribution in [2.45, 2.75) is 51.0 Å². The average molecular weight is 346 g/mol. The molecule has 4 heteroatoms. The summed E-state index contributed by atoms with van der Waals surface area (Å²) >= 11 is 3.13. The van der Waals surface area contributed by atoms with Crippen molar-refractivity contribution in [3.8, 4) is 0 Å². The van der Waals surface area contributed by atoms with Crippen LogP contribution in [0, 0.1) is 17.6 Å². The molecule has 1 aliphatic rings. The van der Waals surface area contributed by atoms with E-state index in [1.807, 2.05) is 7.05 Å². The van der Waals surface area contributed by atoms with Crippen LogP contribution in [0.25, 0.3) is 0 Å². The van der Waals surface area contributed by atoms with E-state index in [4.69, 9.17) is 0 Å². The van der Waals surface area contributed by atoms with Crippen molar-refractivity contribution in [2.75, 3.05) is 7.05 Å². The van der Waals surface area contributed by atoms with Crippen molar-refractivity contribution >= 4 is 15.9 Å². The zero-order valence-corrected chi connectivity index (χ0v) is 13.5. The Balaban J connectivity index is 2.04. The Kier molecular flexibility index (Phi) is 5.97. The number of nitrogens with one attached hydrogen (secondary N) is 1. The average Bonchev–Trinajstić information content (AvgIpc) is 2.47. The van der Waals surface area contributed by atoms with Crippen LogP contribution >= 0.6 is 15.9 Å². The van der Waals surface area contributed by atoms with E-state index in [0.717, 1.165) is 6.42 Å². The molecule has 1 nitrogen and oxygen atoms in total. The summed E-state index contributed by atoms with van der Waals surface area (Å²) in [5.41, 5.74) is 0.189. The Morgan fingerprint density at radius 2 is 1.95 bits per heavy atom. The minimum absolute atomic E-state index is 0.136. The van der Waals surface area contributed by atoms with E-state index < -0.39 is 11.6 Å². The zero-order valence-electron chi connectivity index (χ0n) is 11.9. The predicted octanol–water partition coefficient (Wildman–Crippen LogP) is 4.83. The molecule has 1 unspecified atom stereocenters. The minimum Gasteiger partial charge on any atom is -0.317 e. The van der Waals surface area contributed by atoms with Gasteiger partial charge in [-0.1, -0.05) is 32.1 Å². The van der Waals surface area contributed by atoms with Gasteiger partial charge < -0.3 is 5.32 Å². The molecule has 0 bridgehead atoms. The Hall–Kier alpha value is -0.480. The SMILES string of the molecule is CNC(Cc1c(F)ccc(Br)c1F)CC1CCCCC1. The molecule has 1 N–H and O–H groups in total. The van der Waals surface area contributed by atoms with Gasteiger partial charge in [-0.05, 0) is 53.9 Å². The molecule has 0 aliphatic heterocycles. The third-order valence-corrected chi connectivity index (χ3v) is 4.95. The summed E-state index contributed by atoms with van der Waals surface area (Å²) in [4.78, 5) is 0. The van der Waals surface area contributed by atoms with Gasteiger partial charge in [-0.2, -0.15) is 0 Å². The highest BCUT2D eigenvalue weighted by Gasteiger charge is 2.21. The van der Waals surface area contributed by atoms with Crippen LogP contribution in [0.2, 0.25) is 0 Å². The molecule has 0 aromatic heterocycles. The zero-order chi connectivity index (χ0) is 14.5. The van der Waals surface area contributed by atoms with E-state index in [1.165, 1.54) is 44.2 Å². The monoisotopic (exact) mass is 345 g/mol. The first-order valence-electron chi connectivity index (χ1n) is 7.41. The summed E-state index contributed by atoms with van der Waals surface area (Å²) in [5, 5.41) is 3.22. The standard InChI is InChI=1S/C16H22BrF2N/c1-20-12(9-11-5-3-2-4-6-11)10-13-15(18)8-7-14(17)16(13)19/h7-8,11-12,20H,2-6,9-10H2,1H3. The normalized spacial score (nSPS) is 18.2. The lowest BCUT2D eigenvalue weighted by Crippen LogP contribution is -2.31. The maximum absolute atomic E-state index is 14.0. The van der Waals surface area contributed by atoms with Crippen LogP contribution in [0.15, 0.2) is 16.6 Å². The van der Waals surface area contributed by atoms with Gasteiger partial charge in [0.15, 0.2) is 0 Å². The van der Waals surface area contributed by atoms with Crippen molar-refractivity contribution in [1.82, 2.24) is 5.32 Å². The van der Waals surface area contributed by atoms with Crippen molar-refractivity contribution in [1.29, 1.82) is 0 Å². The van der Waals surface area contributed by atoms with Gasteiger partial charge in [0.25, 0.3) is 0 Å². The molecule has 1 saturated carbocycles. The second-order valence-corrected chi connectivity index (χ2v) is 6.61. The van der Waals surface area contributed by atoms with Gasteiger partial charge in [0, 0.05) is 11.6 Å². The largest absolute Gasteiger partial charge is 0.317 e. The molecular weight excluding hydrogens is 324 g/mol. The minimum atomic E-state index is -0.464. The lowest BCUT2D eigenvalue weighted by Gasteiger charge is -2.26. The van der Waals surface area contributed by atoms with Crippen LogP contribution in [-0.4, -0.2) is 13.1 Å². The highest BCUT2D eigenvalue weighted by atomic mass is 79.9. The summed E-state index contributed by atoms with van der Waals surface area (Å²) in [6.45, 7) is 0. The Morgan fingerprint density at radius 1 is 1.25 bits per heavy atom. The number of rotatable bonds is 5. The Morgan fingerprint density at radius 3 is 2.60 bits per heavy atom. The first-order valence-corrected chi connectivity index (χ1v) is 8.20. The fraction of sp³-hybridized carbons (Fsp3) is 0.625. The third-order valence-electron chi connectivity index (χ3n) is 4.34. The highest BCUT2D eigenvalue weighted by Crippen LogP contribution is 2.29. The van der Waals surface area contributed by atoms with Crippen molar-refractivity contribution in [3.05, 3.63) is 33.8 Å². The van der Waals surface area contributed by atoms with Crippen molar-refractivity contribution in [2.24, 2.45) is 5.92 Å². The van der Waals surface area contributed by atoms with Gasteiger partial charge in [-0.15, -0.1) is 0 Å². The molecule has 20 heavy (non-hydrogen) atoms. The smallest absolute Gasteiger partial charge is 0.143 e. The number of benzene rings is 1. The summed E-state index contributed by atoms with van der Waals surface area (Å²) in [5.74, 6) is -0.219. The Bertz CT molecular complexity index is 444. The number of halogens is 3. The third kappa shape index (κ3) is 4.01.